The number of hydrogen-bond donors (Lipinski definition) is 1. The summed E-state index contributed by atoms with van der Waals surface area (Å²) in [7, 11) is 0. The number of thiocarbonyl (C=S) groups is 1. The van der Waals surface area contributed by atoms with Crippen molar-refractivity contribution in [1.29, 1.82) is 0 Å². The Kier molecular flexibility index (Phi) is 3.44. The van der Waals surface area contributed by atoms with E-state index in [0.717, 1.165) is 43.2 Å². The second kappa shape index (κ2) is 5.08. The number of anilines is 1. The van der Waals surface area contributed by atoms with Crippen LogP contribution in [0.4, 0.5) is 5.82 Å². The molecule has 19 heavy (non-hydrogen) atoms. The summed E-state index contributed by atoms with van der Waals surface area (Å²) in [5.41, 5.74) is 9.48. The molecule has 102 valence electrons. The number of pyridine rings is 1. The van der Waals surface area contributed by atoms with Crippen molar-refractivity contribution in [3.05, 3.63) is 22.9 Å². The van der Waals surface area contributed by atoms with Gasteiger partial charge in [-0.25, -0.2) is 4.98 Å². The number of nitrogens with two attached hydrogens (primary N) is 1. The van der Waals surface area contributed by atoms with E-state index in [4.69, 9.17) is 22.9 Å². The van der Waals surface area contributed by atoms with Crippen molar-refractivity contribution in [2.24, 2.45) is 11.7 Å². The van der Waals surface area contributed by atoms with E-state index in [1.165, 1.54) is 30.5 Å². The van der Waals surface area contributed by atoms with E-state index in [2.05, 4.69) is 17.9 Å². The molecule has 2 N–H and O–H groups in total. The number of nitrogens with zero attached hydrogens (tertiary/aromatic N) is 2. The highest BCUT2D eigenvalue weighted by Crippen LogP contribution is 2.33. The van der Waals surface area contributed by atoms with Crippen molar-refractivity contribution >= 4 is 23.0 Å². The van der Waals surface area contributed by atoms with E-state index < -0.39 is 0 Å². The van der Waals surface area contributed by atoms with E-state index in [1.807, 2.05) is 0 Å². The molecule has 4 heteroatoms. The smallest absolute Gasteiger partial charge is 0.139 e. The first-order chi connectivity index (χ1) is 9.19. The van der Waals surface area contributed by atoms with Crippen LogP contribution in [0.2, 0.25) is 0 Å². The molecule has 0 aromatic carbocycles. The number of fused-ring (bicyclic) bond motifs is 1. The first-order valence-corrected chi connectivity index (χ1v) is 7.67. The Morgan fingerprint density at radius 1 is 1.47 bits per heavy atom. The zero-order valence-electron chi connectivity index (χ0n) is 11.5. The van der Waals surface area contributed by atoms with Gasteiger partial charge in [-0.15, -0.1) is 0 Å². The van der Waals surface area contributed by atoms with Crippen LogP contribution in [0.5, 0.6) is 0 Å². The van der Waals surface area contributed by atoms with Gasteiger partial charge in [0.15, 0.2) is 0 Å². The van der Waals surface area contributed by atoms with E-state index in [9.17, 15) is 0 Å². The van der Waals surface area contributed by atoms with Gasteiger partial charge in [0.25, 0.3) is 0 Å². The Balaban J connectivity index is 1.99. The average Bonchev–Trinajstić information content (AvgIpc) is 3.10. The lowest BCUT2D eigenvalue weighted by Gasteiger charge is -2.25. The normalized spacial score (nSPS) is 17.3. The molecular weight excluding hydrogens is 254 g/mol. The number of aromatic nitrogens is 1. The zero-order chi connectivity index (χ0) is 13.4. The van der Waals surface area contributed by atoms with Gasteiger partial charge in [-0.3, -0.25) is 0 Å². The summed E-state index contributed by atoms with van der Waals surface area (Å²) in [6, 6.07) is 2.18. The van der Waals surface area contributed by atoms with Crippen LogP contribution in [0.1, 0.15) is 43.0 Å². The third-order valence-corrected chi connectivity index (χ3v) is 4.37. The van der Waals surface area contributed by atoms with E-state index in [0.29, 0.717) is 4.99 Å². The lowest BCUT2D eigenvalue weighted by molar-refractivity contribution is 0.729. The van der Waals surface area contributed by atoms with Crippen LogP contribution < -0.4 is 10.6 Å². The fraction of sp³-hybridized carbons (Fsp3) is 0.600. The van der Waals surface area contributed by atoms with Crippen LogP contribution in [-0.2, 0) is 12.8 Å². The molecule has 1 aromatic rings. The standard InChI is InChI=1S/C15H21N3S/c1-2-18(9-10-6-7-10)15-12(14(16)19)8-11-4-3-5-13(11)17-15/h8,10H,2-7,9H2,1H3,(H2,16,19). The van der Waals surface area contributed by atoms with Crippen LogP contribution in [0.3, 0.4) is 0 Å². The fourth-order valence-corrected chi connectivity index (χ4v) is 3.01. The van der Waals surface area contributed by atoms with Crippen LogP contribution >= 0.6 is 12.2 Å². The van der Waals surface area contributed by atoms with Gasteiger partial charge < -0.3 is 10.6 Å². The monoisotopic (exact) mass is 275 g/mol. The minimum absolute atomic E-state index is 0.478. The second-order valence-corrected chi connectivity index (χ2v) is 6.10. The second-order valence-electron chi connectivity index (χ2n) is 5.67. The van der Waals surface area contributed by atoms with Crippen LogP contribution in [0.15, 0.2) is 6.07 Å². The summed E-state index contributed by atoms with van der Waals surface area (Å²) in [6.45, 7) is 4.25. The minimum Gasteiger partial charge on any atom is -0.389 e. The van der Waals surface area contributed by atoms with Crippen molar-refractivity contribution in [3.63, 3.8) is 0 Å². The first-order valence-electron chi connectivity index (χ1n) is 7.26. The van der Waals surface area contributed by atoms with Crippen LogP contribution in [0, 0.1) is 5.92 Å². The molecule has 0 saturated heterocycles. The molecule has 2 aliphatic rings. The predicted molar refractivity (Wildman–Crippen MR) is 82.8 cm³/mol. The van der Waals surface area contributed by atoms with Gasteiger partial charge in [-0.1, -0.05) is 12.2 Å². The Hall–Kier alpha value is -1.16. The highest BCUT2D eigenvalue weighted by atomic mass is 32.1. The summed E-state index contributed by atoms with van der Waals surface area (Å²) >= 11 is 5.23. The third-order valence-electron chi connectivity index (χ3n) is 4.15. The van der Waals surface area contributed by atoms with Gasteiger partial charge in [0.2, 0.25) is 0 Å². The summed E-state index contributed by atoms with van der Waals surface area (Å²) in [4.78, 5) is 7.72. The van der Waals surface area contributed by atoms with E-state index in [-0.39, 0.29) is 0 Å². The summed E-state index contributed by atoms with van der Waals surface area (Å²) < 4.78 is 0. The SMILES string of the molecule is CCN(CC1CC1)c1nc2c(cc1C(N)=S)CCC2. The molecule has 0 spiro atoms. The molecular formula is C15H21N3S. The molecule has 1 aromatic heterocycles. The Labute approximate surface area is 120 Å². The fourth-order valence-electron chi connectivity index (χ4n) is 2.86. The summed E-state index contributed by atoms with van der Waals surface area (Å²) in [5, 5.41) is 0. The summed E-state index contributed by atoms with van der Waals surface area (Å²) in [6.07, 6.45) is 6.12. The molecule has 0 radical (unpaired) electrons. The highest BCUT2D eigenvalue weighted by Gasteiger charge is 2.27. The Bertz CT molecular complexity index is 508. The molecule has 0 amide bonds. The van der Waals surface area contributed by atoms with Gasteiger partial charge in [-0.2, -0.15) is 0 Å². The molecule has 0 bridgehead atoms. The maximum atomic E-state index is 5.91. The molecule has 1 fully saturated rings. The average molecular weight is 275 g/mol. The molecule has 0 unspecified atom stereocenters. The van der Waals surface area contributed by atoms with E-state index >= 15 is 0 Å². The van der Waals surface area contributed by atoms with Crippen LogP contribution in [0.25, 0.3) is 0 Å². The number of hydrogen-bond acceptors (Lipinski definition) is 3. The van der Waals surface area contributed by atoms with Gasteiger partial charge >= 0.3 is 0 Å². The zero-order valence-corrected chi connectivity index (χ0v) is 12.3. The van der Waals surface area contributed by atoms with Crippen molar-refractivity contribution in [1.82, 2.24) is 4.98 Å². The molecule has 1 saturated carbocycles. The first kappa shape index (κ1) is 12.9. The lowest BCUT2D eigenvalue weighted by Crippen LogP contribution is -2.29. The van der Waals surface area contributed by atoms with Crippen molar-refractivity contribution in [3.8, 4) is 0 Å². The lowest BCUT2D eigenvalue weighted by atomic mass is 10.1. The molecule has 0 atom stereocenters. The predicted octanol–water partition coefficient (Wildman–Crippen LogP) is 2.44. The van der Waals surface area contributed by atoms with Gasteiger partial charge in [0, 0.05) is 18.8 Å². The van der Waals surface area contributed by atoms with Crippen molar-refractivity contribution in [2.75, 3.05) is 18.0 Å². The molecule has 3 rings (SSSR count). The topological polar surface area (TPSA) is 42.2 Å². The molecule has 3 nitrogen and oxygen atoms in total. The Morgan fingerprint density at radius 2 is 2.26 bits per heavy atom. The third kappa shape index (κ3) is 2.59. The van der Waals surface area contributed by atoms with Gasteiger partial charge in [0.05, 0.1) is 5.56 Å². The van der Waals surface area contributed by atoms with Crippen molar-refractivity contribution < 1.29 is 0 Å². The minimum atomic E-state index is 0.478. The van der Waals surface area contributed by atoms with Gasteiger partial charge in [0.1, 0.15) is 10.8 Å². The Morgan fingerprint density at radius 3 is 2.89 bits per heavy atom. The van der Waals surface area contributed by atoms with Gasteiger partial charge in [-0.05, 0) is 56.6 Å². The number of aryl methyl sites for hydroxylation is 2. The number of rotatable bonds is 5. The largest absolute Gasteiger partial charge is 0.389 e. The maximum absolute atomic E-state index is 5.91. The highest BCUT2D eigenvalue weighted by molar-refractivity contribution is 7.80. The molecule has 1 heterocycles. The van der Waals surface area contributed by atoms with E-state index in [1.54, 1.807) is 0 Å². The van der Waals surface area contributed by atoms with Crippen LogP contribution in [-0.4, -0.2) is 23.1 Å². The summed E-state index contributed by atoms with van der Waals surface area (Å²) in [5.74, 6) is 1.86. The molecule has 0 aliphatic heterocycles. The van der Waals surface area contributed by atoms with Crippen molar-refractivity contribution in [2.45, 2.75) is 39.0 Å². The quantitative estimate of drug-likeness (QED) is 0.838. The molecule has 2 aliphatic carbocycles. The maximum Gasteiger partial charge on any atom is 0.139 e.